The van der Waals surface area contributed by atoms with Crippen LogP contribution in [0.25, 0.3) is 0 Å². The van der Waals surface area contributed by atoms with Crippen LogP contribution in [-0.2, 0) is 19.1 Å². The number of anilines is 1. The number of nitrogens with two attached hydrogens (primary N) is 1. The van der Waals surface area contributed by atoms with E-state index in [9.17, 15) is 9.59 Å². The normalized spacial score (nSPS) is 23.2. The third-order valence-electron chi connectivity index (χ3n) is 4.41. The molecule has 9 heteroatoms. The number of aromatic nitrogens is 2. The maximum atomic E-state index is 11.3. The molecule has 1 aromatic heterocycles. The van der Waals surface area contributed by atoms with Gasteiger partial charge in [0.1, 0.15) is 0 Å². The van der Waals surface area contributed by atoms with Crippen molar-refractivity contribution in [3.8, 4) is 0 Å². The zero-order chi connectivity index (χ0) is 16.7. The van der Waals surface area contributed by atoms with Gasteiger partial charge in [0.2, 0.25) is 5.95 Å². The summed E-state index contributed by atoms with van der Waals surface area (Å²) in [4.78, 5) is 35.1. The van der Waals surface area contributed by atoms with Crippen LogP contribution < -0.4 is 10.2 Å². The molecule has 9 nitrogen and oxygen atoms in total. The Morgan fingerprint density at radius 3 is 2.48 bits per heavy atom. The molecule has 1 unspecified atom stereocenters. The minimum absolute atomic E-state index is 0.102. The number of nitrogens with zero attached hydrogens (tertiary/aromatic N) is 4. The fraction of sp³-hybridized carbons (Fsp3) is 0.500. The van der Waals surface area contributed by atoms with E-state index in [4.69, 9.17) is 15.2 Å². The zero-order valence-corrected chi connectivity index (χ0v) is 13.0. The number of rotatable bonds is 4. The summed E-state index contributed by atoms with van der Waals surface area (Å²) in [5.74, 6) is 0.00204. The molecule has 23 heavy (non-hydrogen) atoms. The van der Waals surface area contributed by atoms with Crippen LogP contribution in [0.15, 0.2) is 11.2 Å². The summed E-state index contributed by atoms with van der Waals surface area (Å²) >= 11 is 0. The molecule has 1 fully saturated rings. The average Bonchev–Trinajstić information content (AvgIpc) is 2.86. The van der Waals surface area contributed by atoms with Crippen LogP contribution in [0.5, 0.6) is 0 Å². The topological polar surface area (TPSA) is 117 Å². The van der Waals surface area contributed by atoms with Gasteiger partial charge in [-0.05, 0) is 0 Å². The molecule has 3 heterocycles. The van der Waals surface area contributed by atoms with Crippen molar-refractivity contribution in [2.75, 3.05) is 25.5 Å². The summed E-state index contributed by atoms with van der Waals surface area (Å²) in [5, 5.41) is 0. The van der Waals surface area contributed by atoms with Crippen LogP contribution in [0.1, 0.15) is 20.3 Å². The number of nitrogen functional groups attached to an aromatic ring is 1. The lowest BCUT2D eigenvalue weighted by Crippen LogP contribution is -2.78. The Balaban J connectivity index is 1.98. The van der Waals surface area contributed by atoms with E-state index < -0.39 is 17.5 Å². The van der Waals surface area contributed by atoms with Crippen LogP contribution >= 0.6 is 0 Å². The Morgan fingerprint density at radius 2 is 1.96 bits per heavy atom. The number of esters is 2. The predicted molar refractivity (Wildman–Crippen MR) is 81.9 cm³/mol. The van der Waals surface area contributed by atoms with Gasteiger partial charge in [0, 0.05) is 13.8 Å². The molecule has 1 atom stereocenters. The smallest absolute Gasteiger partial charge is 0.302 e. The van der Waals surface area contributed by atoms with Crippen molar-refractivity contribution in [3.05, 3.63) is 6.20 Å². The maximum absolute atomic E-state index is 11.3. The molecule has 2 N–H and O–H groups in total. The highest BCUT2D eigenvalue weighted by Crippen LogP contribution is 2.49. The van der Waals surface area contributed by atoms with Crippen molar-refractivity contribution >= 4 is 35.7 Å². The molecular weight excluding hydrogens is 302 g/mol. The lowest BCUT2D eigenvalue weighted by atomic mass is 9.82. The van der Waals surface area contributed by atoms with Crippen molar-refractivity contribution < 1.29 is 19.1 Å². The van der Waals surface area contributed by atoms with Crippen LogP contribution in [0.3, 0.4) is 0 Å². The Labute approximate surface area is 132 Å². The summed E-state index contributed by atoms with van der Waals surface area (Å²) in [6, 6.07) is 0. The number of ether oxygens (including phenoxy) is 2. The first-order valence-corrected chi connectivity index (χ1v) is 7.21. The van der Waals surface area contributed by atoms with Crippen LogP contribution in [0.2, 0.25) is 0 Å². The first-order chi connectivity index (χ1) is 10.9. The Bertz CT molecular complexity index is 686. The van der Waals surface area contributed by atoms with Crippen molar-refractivity contribution in [1.29, 1.82) is 0 Å². The highest BCUT2D eigenvalue weighted by atomic mass is 16.5. The third-order valence-corrected chi connectivity index (χ3v) is 4.41. The standard InChI is InChI=1S/C14H18N5O4/c1-9(20)22-6-14(7-23-10(2)21)3-4-19(14)8-17-11-5-16-13(15)18-12(11)19/h5,8H,3-4,6-7H2,1-2H3,(H2,15,16,18)/q+1. The molecule has 0 amide bonds. The van der Waals surface area contributed by atoms with E-state index in [1.54, 1.807) is 12.5 Å². The van der Waals surface area contributed by atoms with Crippen molar-refractivity contribution in [2.24, 2.45) is 4.99 Å². The molecule has 2 aliphatic heterocycles. The number of fused-ring (bicyclic) bond motifs is 2. The quantitative estimate of drug-likeness (QED) is 0.626. The van der Waals surface area contributed by atoms with Gasteiger partial charge in [-0.1, -0.05) is 0 Å². The van der Waals surface area contributed by atoms with Gasteiger partial charge in [-0.3, -0.25) is 9.59 Å². The second-order valence-corrected chi connectivity index (χ2v) is 5.81. The van der Waals surface area contributed by atoms with E-state index >= 15 is 0 Å². The molecule has 1 spiro atoms. The zero-order valence-electron chi connectivity index (χ0n) is 13.0. The first kappa shape index (κ1) is 15.3. The van der Waals surface area contributed by atoms with E-state index in [0.29, 0.717) is 24.5 Å². The molecule has 0 saturated carbocycles. The van der Waals surface area contributed by atoms with E-state index in [2.05, 4.69) is 15.0 Å². The largest absolute Gasteiger partial charge is 0.459 e. The summed E-state index contributed by atoms with van der Waals surface area (Å²) in [6.45, 7) is 3.59. The fourth-order valence-electron chi connectivity index (χ4n) is 3.05. The molecule has 122 valence electrons. The molecule has 3 rings (SSSR count). The molecule has 1 aromatic rings. The molecule has 0 aliphatic carbocycles. The van der Waals surface area contributed by atoms with E-state index in [0.717, 1.165) is 0 Å². The number of aliphatic imine (C=N–C) groups is 1. The summed E-state index contributed by atoms with van der Waals surface area (Å²) < 4.78 is 10.7. The number of carbonyl (C=O) groups excluding carboxylic acids is 2. The van der Waals surface area contributed by atoms with Crippen LogP contribution in [0.4, 0.5) is 17.5 Å². The van der Waals surface area contributed by atoms with Crippen LogP contribution in [0, 0.1) is 0 Å². The average molecular weight is 320 g/mol. The van der Waals surface area contributed by atoms with Gasteiger partial charge in [-0.15, -0.1) is 0 Å². The lowest BCUT2D eigenvalue weighted by molar-refractivity contribution is -0.156. The monoisotopic (exact) mass is 320 g/mol. The molecule has 1 saturated heterocycles. The van der Waals surface area contributed by atoms with E-state index in [1.165, 1.54) is 13.8 Å². The first-order valence-electron chi connectivity index (χ1n) is 7.21. The Hall–Kier alpha value is -2.55. The molecule has 0 bridgehead atoms. The summed E-state index contributed by atoms with van der Waals surface area (Å²) in [6.07, 6.45) is 3.99. The van der Waals surface area contributed by atoms with Gasteiger partial charge in [0.25, 0.3) is 5.82 Å². The molecular formula is C14H18N5O4+. The van der Waals surface area contributed by atoms with Gasteiger partial charge in [-0.2, -0.15) is 9.98 Å². The third kappa shape index (κ3) is 2.33. The molecule has 2 aliphatic rings. The molecule has 0 aromatic carbocycles. The van der Waals surface area contributed by atoms with Crippen molar-refractivity contribution in [3.63, 3.8) is 0 Å². The van der Waals surface area contributed by atoms with E-state index in [-0.39, 0.29) is 23.6 Å². The van der Waals surface area contributed by atoms with Crippen LogP contribution in [-0.4, -0.2) is 53.5 Å². The van der Waals surface area contributed by atoms with Crippen molar-refractivity contribution in [2.45, 2.75) is 25.8 Å². The SMILES string of the molecule is CC(=O)OCC1(COC(C)=O)CC[N+]12C=Nc1cnc(N)nc12. The number of hydrogen-bond donors (Lipinski definition) is 1. The predicted octanol–water partition coefficient (Wildman–Crippen LogP) is 0.308. The Kier molecular flexibility index (Phi) is 3.52. The minimum atomic E-state index is -0.646. The second kappa shape index (κ2) is 5.27. The minimum Gasteiger partial charge on any atom is -0.459 e. The summed E-state index contributed by atoms with van der Waals surface area (Å²) in [5.41, 5.74) is 5.68. The van der Waals surface area contributed by atoms with Gasteiger partial charge in [0.05, 0.1) is 19.2 Å². The maximum Gasteiger partial charge on any atom is 0.302 e. The Morgan fingerprint density at radius 1 is 1.30 bits per heavy atom. The highest BCUT2D eigenvalue weighted by Gasteiger charge is 2.65. The second-order valence-electron chi connectivity index (χ2n) is 5.81. The van der Waals surface area contributed by atoms with E-state index in [1.807, 2.05) is 0 Å². The number of hydrogen-bond acceptors (Lipinski definition) is 8. The van der Waals surface area contributed by atoms with Gasteiger partial charge in [0.15, 0.2) is 30.8 Å². The van der Waals surface area contributed by atoms with Gasteiger partial charge >= 0.3 is 11.9 Å². The number of carbonyl (C=O) groups is 2. The van der Waals surface area contributed by atoms with Gasteiger partial charge in [-0.25, -0.2) is 9.47 Å². The number of quaternary nitrogens is 1. The fourth-order valence-corrected chi connectivity index (χ4v) is 3.05. The lowest BCUT2D eigenvalue weighted by Gasteiger charge is -2.54. The van der Waals surface area contributed by atoms with Crippen molar-refractivity contribution in [1.82, 2.24) is 14.5 Å². The summed E-state index contributed by atoms with van der Waals surface area (Å²) in [7, 11) is 0. The molecule has 0 radical (unpaired) electrons. The van der Waals surface area contributed by atoms with Gasteiger partial charge < -0.3 is 15.2 Å². The highest BCUT2D eigenvalue weighted by molar-refractivity contribution is 5.89.